The molecule has 172 valence electrons. The number of carbonyl (C=O) groups excluding carboxylic acids is 2. The molecule has 7 nitrogen and oxygen atoms in total. The van der Waals surface area contributed by atoms with Gasteiger partial charge in [0.1, 0.15) is 0 Å². The molecular weight excluding hydrogens is 463 g/mol. The summed E-state index contributed by atoms with van der Waals surface area (Å²) in [6.45, 7) is 2.74. The van der Waals surface area contributed by atoms with Crippen LogP contribution < -0.4 is 10.7 Å². The fraction of sp³-hybridized carbons (Fsp3) is 0.182. The number of halogens is 4. The number of hydrogen-bond donors (Lipinski definition) is 1. The number of rotatable bonds is 5. The predicted molar refractivity (Wildman–Crippen MR) is 115 cm³/mol. The first kappa shape index (κ1) is 24.0. The molecule has 1 atom stereocenters. The summed E-state index contributed by atoms with van der Waals surface area (Å²) in [6, 6.07) is 11.5. The molecule has 11 heteroatoms. The second-order valence-electron chi connectivity index (χ2n) is 7.00. The third-order valence-electron chi connectivity index (χ3n) is 4.48. The van der Waals surface area contributed by atoms with Crippen LogP contribution >= 0.6 is 11.6 Å². The van der Waals surface area contributed by atoms with E-state index < -0.39 is 40.8 Å². The van der Waals surface area contributed by atoms with Crippen LogP contribution in [-0.4, -0.2) is 27.8 Å². The van der Waals surface area contributed by atoms with E-state index in [2.05, 4.69) is 10.4 Å². The van der Waals surface area contributed by atoms with Crippen molar-refractivity contribution in [3.63, 3.8) is 0 Å². The summed E-state index contributed by atoms with van der Waals surface area (Å²) in [4.78, 5) is 37.1. The number of alkyl halides is 3. The molecule has 0 radical (unpaired) electrons. The number of amides is 1. The number of aromatic nitrogens is 2. The molecule has 1 aromatic heterocycles. The van der Waals surface area contributed by atoms with Crippen LogP contribution in [0, 0.1) is 6.92 Å². The molecule has 2 aromatic carbocycles. The lowest BCUT2D eigenvalue weighted by Crippen LogP contribution is -2.32. The summed E-state index contributed by atoms with van der Waals surface area (Å²) in [6.07, 6.45) is -5.88. The Labute approximate surface area is 190 Å². The molecular formula is C22H17ClF3N3O4. The number of aryl methyl sites for hydroxylation is 1. The van der Waals surface area contributed by atoms with Gasteiger partial charge < -0.3 is 10.1 Å². The predicted octanol–water partition coefficient (Wildman–Crippen LogP) is 4.40. The minimum Gasteiger partial charge on any atom is -0.448 e. The van der Waals surface area contributed by atoms with Gasteiger partial charge in [0.2, 0.25) is 11.1 Å². The highest BCUT2D eigenvalue weighted by Gasteiger charge is 2.31. The summed E-state index contributed by atoms with van der Waals surface area (Å²) < 4.78 is 45.2. The highest BCUT2D eigenvalue weighted by atomic mass is 35.5. The van der Waals surface area contributed by atoms with Crippen LogP contribution in [-0.2, 0) is 15.7 Å². The topological polar surface area (TPSA) is 90.3 Å². The van der Waals surface area contributed by atoms with Gasteiger partial charge in [-0.2, -0.15) is 18.3 Å². The van der Waals surface area contributed by atoms with Crippen molar-refractivity contribution in [2.24, 2.45) is 0 Å². The Kier molecular flexibility index (Phi) is 6.87. The number of ether oxygens (including phenoxy) is 1. The normalized spacial score (nSPS) is 12.2. The number of benzene rings is 2. The second-order valence-corrected chi connectivity index (χ2v) is 7.44. The fourth-order valence-electron chi connectivity index (χ4n) is 2.81. The monoisotopic (exact) mass is 479 g/mol. The molecule has 1 unspecified atom stereocenters. The summed E-state index contributed by atoms with van der Waals surface area (Å²) in [5.41, 5.74) is -1.80. The van der Waals surface area contributed by atoms with Gasteiger partial charge in [-0.25, -0.2) is 9.48 Å². The molecule has 0 bridgehead atoms. The molecule has 0 spiro atoms. The first-order valence-corrected chi connectivity index (χ1v) is 9.89. The van der Waals surface area contributed by atoms with E-state index in [4.69, 9.17) is 16.3 Å². The highest BCUT2D eigenvalue weighted by molar-refractivity contribution is 6.30. The SMILES string of the molecule is Cc1cc(=O)c(C(=O)OC(C)C(=O)Nc2ccc(Cl)cc2)nn1-c1cccc(C(F)(F)F)c1. The van der Waals surface area contributed by atoms with E-state index >= 15 is 0 Å². The van der Waals surface area contributed by atoms with Gasteiger partial charge in [-0.05, 0) is 56.3 Å². The van der Waals surface area contributed by atoms with Crippen LogP contribution in [0.5, 0.6) is 0 Å². The average Bonchev–Trinajstić information content (AvgIpc) is 2.74. The average molecular weight is 480 g/mol. The number of hydrogen-bond acceptors (Lipinski definition) is 5. The lowest BCUT2D eigenvalue weighted by atomic mass is 10.2. The molecule has 0 fully saturated rings. The Morgan fingerprint density at radius 1 is 1.12 bits per heavy atom. The molecule has 0 aliphatic heterocycles. The first-order chi connectivity index (χ1) is 15.5. The Hall–Kier alpha value is -3.66. The Balaban J connectivity index is 1.83. The van der Waals surface area contributed by atoms with Gasteiger partial charge in [0.15, 0.2) is 6.10 Å². The molecule has 3 aromatic rings. The van der Waals surface area contributed by atoms with E-state index in [1.54, 1.807) is 24.3 Å². The van der Waals surface area contributed by atoms with Gasteiger partial charge in [-0.15, -0.1) is 0 Å². The van der Waals surface area contributed by atoms with Crippen molar-refractivity contribution in [1.29, 1.82) is 0 Å². The van der Waals surface area contributed by atoms with Gasteiger partial charge in [-0.3, -0.25) is 9.59 Å². The zero-order chi connectivity index (χ0) is 24.3. The number of carbonyl (C=O) groups is 2. The number of nitrogens with one attached hydrogen (secondary N) is 1. The zero-order valence-electron chi connectivity index (χ0n) is 17.3. The maximum absolute atomic E-state index is 13.1. The quantitative estimate of drug-likeness (QED) is 0.548. The summed E-state index contributed by atoms with van der Waals surface area (Å²) in [5.74, 6) is -1.87. The summed E-state index contributed by atoms with van der Waals surface area (Å²) in [5, 5.41) is 6.88. The molecule has 0 saturated heterocycles. The highest BCUT2D eigenvalue weighted by Crippen LogP contribution is 2.30. The van der Waals surface area contributed by atoms with Crippen molar-refractivity contribution in [3.8, 4) is 5.69 Å². The summed E-state index contributed by atoms with van der Waals surface area (Å²) >= 11 is 5.78. The van der Waals surface area contributed by atoms with E-state index in [1.165, 1.54) is 26.0 Å². The molecule has 0 saturated carbocycles. The largest absolute Gasteiger partial charge is 0.448 e. The minimum absolute atomic E-state index is 0.00935. The third kappa shape index (κ3) is 5.78. The molecule has 1 heterocycles. The minimum atomic E-state index is -4.59. The van der Waals surface area contributed by atoms with Crippen LogP contribution in [0.15, 0.2) is 59.4 Å². The Morgan fingerprint density at radius 2 is 1.79 bits per heavy atom. The van der Waals surface area contributed by atoms with Crippen LogP contribution in [0.25, 0.3) is 5.69 Å². The van der Waals surface area contributed by atoms with Gasteiger partial charge >= 0.3 is 12.1 Å². The van der Waals surface area contributed by atoms with Gasteiger partial charge in [-0.1, -0.05) is 17.7 Å². The van der Waals surface area contributed by atoms with E-state index in [-0.39, 0.29) is 11.4 Å². The maximum Gasteiger partial charge on any atom is 0.416 e. The second kappa shape index (κ2) is 9.45. The van der Waals surface area contributed by atoms with Gasteiger partial charge in [0.05, 0.1) is 11.3 Å². The van der Waals surface area contributed by atoms with E-state index in [0.29, 0.717) is 10.7 Å². The van der Waals surface area contributed by atoms with Crippen molar-refractivity contribution < 1.29 is 27.5 Å². The lowest BCUT2D eigenvalue weighted by Gasteiger charge is -2.15. The van der Waals surface area contributed by atoms with Crippen LogP contribution in [0.4, 0.5) is 18.9 Å². The van der Waals surface area contributed by atoms with Crippen molar-refractivity contribution in [3.05, 3.63) is 86.8 Å². The fourth-order valence-corrected chi connectivity index (χ4v) is 2.94. The van der Waals surface area contributed by atoms with Crippen molar-refractivity contribution >= 4 is 29.2 Å². The van der Waals surface area contributed by atoms with Crippen LogP contribution in [0.2, 0.25) is 5.02 Å². The van der Waals surface area contributed by atoms with E-state index in [0.717, 1.165) is 22.9 Å². The number of anilines is 1. The Bertz CT molecular complexity index is 1260. The van der Waals surface area contributed by atoms with E-state index in [9.17, 15) is 27.6 Å². The third-order valence-corrected chi connectivity index (χ3v) is 4.74. The molecule has 1 N–H and O–H groups in total. The lowest BCUT2D eigenvalue weighted by molar-refractivity contribution is -0.137. The Morgan fingerprint density at radius 3 is 2.42 bits per heavy atom. The van der Waals surface area contributed by atoms with Crippen LogP contribution in [0.3, 0.4) is 0 Å². The van der Waals surface area contributed by atoms with Crippen molar-refractivity contribution in [2.45, 2.75) is 26.1 Å². The molecule has 3 rings (SSSR count). The summed E-state index contributed by atoms with van der Waals surface area (Å²) in [7, 11) is 0. The smallest absolute Gasteiger partial charge is 0.416 e. The van der Waals surface area contributed by atoms with Crippen molar-refractivity contribution in [2.75, 3.05) is 5.32 Å². The molecule has 1 amide bonds. The molecule has 0 aliphatic rings. The zero-order valence-corrected chi connectivity index (χ0v) is 18.1. The van der Waals surface area contributed by atoms with Crippen molar-refractivity contribution in [1.82, 2.24) is 9.78 Å². The van der Waals surface area contributed by atoms with Gasteiger partial charge in [0.25, 0.3) is 5.91 Å². The maximum atomic E-state index is 13.1. The molecule has 33 heavy (non-hydrogen) atoms. The number of nitrogens with zero attached hydrogens (tertiary/aromatic N) is 2. The molecule has 0 aliphatic carbocycles. The standard InChI is InChI=1S/C22H17ClF3N3O4/c1-12-10-18(30)19(28-29(12)17-5-3-4-14(11-17)22(24,25)26)21(32)33-13(2)20(31)27-16-8-6-15(23)7-9-16/h3-11,13H,1-2H3,(H,27,31). The first-order valence-electron chi connectivity index (χ1n) is 9.52. The van der Waals surface area contributed by atoms with E-state index in [1.807, 2.05) is 0 Å². The van der Waals surface area contributed by atoms with Crippen LogP contribution in [0.1, 0.15) is 28.7 Å². The number of esters is 1. The van der Waals surface area contributed by atoms with Gasteiger partial charge in [0, 0.05) is 22.5 Å².